The first-order valence-corrected chi connectivity index (χ1v) is 3.82. The Kier molecular flexibility index (Phi) is 2.78. The third kappa shape index (κ3) is 2.19. The fraction of sp³-hybridized carbons (Fsp3) is 0.750. The monoisotopic (exact) mass is 125 g/mol. The molecule has 1 heterocycles. The van der Waals surface area contributed by atoms with Crippen molar-refractivity contribution in [3.63, 3.8) is 0 Å². The summed E-state index contributed by atoms with van der Waals surface area (Å²) in [5.74, 6) is 0. The summed E-state index contributed by atoms with van der Waals surface area (Å²) in [5.41, 5.74) is 1.61. The predicted octanol–water partition coefficient (Wildman–Crippen LogP) is 1.71. The molecule has 0 aromatic rings. The maximum Gasteiger partial charge on any atom is 0.0165 e. The van der Waals surface area contributed by atoms with Crippen molar-refractivity contribution in [2.75, 3.05) is 13.1 Å². The van der Waals surface area contributed by atoms with Gasteiger partial charge in [0.15, 0.2) is 0 Å². The average molecular weight is 125 g/mol. The summed E-state index contributed by atoms with van der Waals surface area (Å²) >= 11 is 0. The molecule has 0 spiro atoms. The molecule has 1 nitrogen and oxygen atoms in total. The van der Waals surface area contributed by atoms with E-state index in [1.165, 1.54) is 25.8 Å². The van der Waals surface area contributed by atoms with Crippen molar-refractivity contribution in [1.82, 2.24) is 5.32 Å². The van der Waals surface area contributed by atoms with Gasteiger partial charge in [0.2, 0.25) is 0 Å². The van der Waals surface area contributed by atoms with Gasteiger partial charge in [0, 0.05) is 6.54 Å². The van der Waals surface area contributed by atoms with Gasteiger partial charge in [0.1, 0.15) is 0 Å². The Hall–Kier alpha value is -0.300. The van der Waals surface area contributed by atoms with Crippen molar-refractivity contribution in [1.29, 1.82) is 0 Å². The van der Waals surface area contributed by atoms with E-state index >= 15 is 0 Å². The van der Waals surface area contributed by atoms with Crippen molar-refractivity contribution >= 4 is 0 Å². The van der Waals surface area contributed by atoms with E-state index < -0.39 is 0 Å². The molecule has 0 bridgehead atoms. The Bertz CT molecular complexity index is 97.1. The second-order valence-corrected chi connectivity index (χ2v) is 2.58. The highest BCUT2D eigenvalue weighted by Crippen LogP contribution is 2.06. The molecule has 0 unspecified atom stereocenters. The first-order valence-electron chi connectivity index (χ1n) is 3.82. The van der Waals surface area contributed by atoms with Gasteiger partial charge in [0.05, 0.1) is 0 Å². The lowest BCUT2D eigenvalue weighted by Gasteiger charge is -1.91. The minimum absolute atomic E-state index is 1.14. The molecule has 0 atom stereocenters. The second-order valence-electron chi connectivity index (χ2n) is 2.58. The molecule has 1 aliphatic rings. The first-order chi connectivity index (χ1) is 4.43. The van der Waals surface area contributed by atoms with Crippen LogP contribution >= 0.6 is 0 Å². The Morgan fingerprint density at radius 1 is 1.67 bits per heavy atom. The summed E-state index contributed by atoms with van der Waals surface area (Å²) < 4.78 is 0. The molecular weight excluding hydrogens is 110 g/mol. The van der Waals surface area contributed by atoms with Crippen LogP contribution in [0, 0.1) is 0 Å². The molecule has 0 aromatic heterocycles. The summed E-state index contributed by atoms with van der Waals surface area (Å²) in [4.78, 5) is 0. The van der Waals surface area contributed by atoms with Gasteiger partial charge in [-0.25, -0.2) is 0 Å². The van der Waals surface area contributed by atoms with E-state index in [1.54, 1.807) is 5.57 Å². The molecule has 0 amide bonds. The molecule has 0 aliphatic carbocycles. The number of hydrogen-bond donors (Lipinski definition) is 1. The van der Waals surface area contributed by atoms with E-state index in [4.69, 9.17) is 0 Å². The minimum Gasteiger partial charge on any atom is -0.313 e. The third-order valence-electron chi connectivity index (χ3n) is 1.70. The van der Waals surface area contributed by atoms with E-state index in [0.717, 1.165) is 6.54 Å². The maximum atomic E-state index is 3.31. The number of rotatable bonds is 2. The predicted molar refractivity (Wildman–Crippen MR) is 40.5 cm³/mol. The maximum absolute atomic E-state index is 3.31. The van der Waals surface area contributed by atoms with Crippen molar-refractivity contribution in [2.45, 2.75) is 26.2 Å². The average Bonchev–Trinajstić information content (AvgIpc) is 2.34. The topological polar surface area (TPSA) is 12.0 Å². The van der Waals surface area contributed by atoms with Crippen molar-refractivity contribution in [3.05, 3.63) is 11.6 Å². The van der Waals surface area contributed by atoms with Crippen LogP contribution in [0.2, 0.25) is 0 Å². The summed E-state index contributed by atoms with van der Waals surface area (Å²) in [5, 5.41) is 3.31. The quantitative estimate of drug-likeness (QED) is 0.554. The zero-order valence-corrected chi connectivity index (χ0v) is 6.11. The standard InChI is InChI=1S/C8H15N/c1-2-3-4-8-5-6-9-7-8/h4,9H,2-3,5-7H2,1H3. The number of allylic oxidation sites excluding steroid dienone is 1. The van der Waals surface area contributed by atoms with Crippen molar-refractivity contribution in [3.8, 4) is 0 Å². The highest BCUT2D eigenvalue weighted by atomic mass is 14.9. The lowest BCUT2D eigenvalue weighted by atomic mass is 10.2. The molecule has 0 aromatic carbocycles. The zero-order valence-electron chi connectivity index (χ0n) is 6.11. The van der Waals surface area contributed by atoms with E-state index in [1.807, 2.05) is 0 Å². The van der Waals surface area contributed by atoms with E-state index in [-0.39, 0.29) is 0 Å². The Morgan fingerprint density at radius 3 is 3.11 bits per heavy atom. The van der Waals surface area contributed by atoms with Crippen LogP contribution in [-0.2, 0) is 0 Å². The number of unbranched alkanes of at least 4 members (excludes halogenated alkanes) is 1. The smallest absolute Gasteiger partial charge is 0.0165 e. The zero-order chi connectivity index (χ0) is 6.53. The molecule has 1 saturated heterocycles. The highest BCUT2D eigenvalue weighted by molar-refractivity contribution is 5.08. The van der Waals surface area contributed by atoms with Crippen LogP contribution < -0.4 is 5.32 Å². The van der Waals surface area contributed by atoms with Gasteiger partial charge in [0.25, 0.3) is 0 Å². The molecule has 1 aliphatic heterocycles. The lowest BCUT2D eigenvalue weighted by Crippen LogP contribution is -2.04. The summed E-state index contributed by atoms with van der Waals surface area (Å²) in [6.07, 6.45) is 6.19. The first kappa shape index (κ1) is 6.81. The van der Waals surface area contributed by atoms with Crippen LogP contribution in [0.1, 0.15) is 26.2 Å². The van der Waals surface area contributed by atoms with Gasteiger partial charge < -0.3 is 5.32 Å². The van der Waals surface area contributed by atoms with Gasteiger partial charge in [-0.15, -0.1) is 0 Å². The van der Waals surface area contributed by atoms with Gasteiger partial charge >= 0.3 is 0 Å². The van der Waals surface area contributed by atoms with E-state index in [0.29, 0.717) is 0 Å². The van der Waals surface area contributed by atoms with Gasteiger partial charge in [-0.3, -0.25) is 0 Å². The molecule has 52 valence electrons. The molecule has 0 saturated carbocycles. The summed E-state index contributed by atoms with van der Waals surface area (Å²) in [6.45, 7) is 4.55. The molecule has 1 fully saturated rings. The van der Waals surface area contributed by atoms with Crippen molar-refractivity contribution in [2.24, 2.45) is 0 Å². The number of hydrogen-bond acceptors (Lipinski definition) is 1. The van der Waals surface area contributed by atoms with Crippen LogP contribution in [0.15, 0.2) is 11.6 Å². The largest absolute Gasteiger partial charge is 0.313 e. The van der Waals surface area contributed by atoms with Crippen LogP contribution in [0.25, 0.3) is 0 Å². The molecule has 0 radical (unpaired) electrons. The molecular formula is C8H15N. The Balaban J connectivity index is 2.22. The summed E-state index contributed by atoms with van der Waals surface area (Å²) in [6, 6.07) is 0. The SMILES string of the molecule is CCCC=C1CCNC1. The highest BCUT2D eigenvalue weighted by Gasteiger charge is 2.02. The van der Waals surface area contributed by atoms with E-state index in [2.05, 4.69) is 18.3 Å². The van der Waals surface area contributed by atoms with Crippen LogP contribution in [0.3, 0.4) is 0 Å². The molecule has 9 heavy (non-hydrogen) atoms. The Labute approximate surface area is 57.1 Å². The third-order valence-corrected chi connectivity index (χ3v) is 1.70. The molecule has 1 N–H and O–H groups in total. The fourth-order valence-electron chi connectivity index (χ4n) is 1.11. The Morgan fingerprint density at radius 2 is 2.56 bits per heavy atom. The van der Waals surface area contributed by atoms with Gasteiger partial charge in [-0.2, -0.15) is 0 Å². The normalized spacial score (nSPS) is 23.4. The molecule has 1 rings (SSSR count). The number of nitrogens with one attached hydrogen (secondary N) is 1. The van der Waals surface area contributed by atoms with Gasteiger partial charge in [-0.05, 0) is 19.4 Å². The fourth-order valence-corrected chi connectivity index (χ4v) is 1.11. The minimum atomic E-state index is 1.14. The van der Waals surface area contributed by atoms with E-state index in [9.17, 15) is 0 Å². The summed E-state index contributed by atoms with van der Waals surface area (Å²) in [7, 11) is 0. The van der Waals surface area contributed by atoms with Gasteiger partial charge in [-0.1, -0.05) is 25.0 Å². The van der Waals surface area contributed by atoms with Crippen LogP contribution in [0.5, 0.6) is 0 Å². The van der Waals surface area contributed by atoms with Crippen LogP contribution in [-0.4, -0.2) is 13.1 Å². The van der Waals surface area contributed by atoms with Crippen molar-refractivity contribution < 1.29 is 0 Å². The lowest BCUT2D eigenvalue weighted by molar-refractivity contribution is 0.862. The second kappa shape index (κ2) is 3.67. The molecule has 1 heteroatoms. The van der Waals surface area contributed by atoms with Crippen LogP contribution in [0.4, 0.5) is 0 Å².